The van der Waals surface area contributed by atoms with Crippen LogP contribution in [0.2, 0.25) is 5.02 Å². The minimum Gasteiger partial charge on any atom is -0.493 e. The first-order chi connectivity index (χ1) is 11.1. The smallest absolute Gasteiger partial charge is 0.172 e. The molecule has 1 aliphatic rings. The maximum Gasteiger partial charge on any atom is 0.172 e. The van der Waals surface area contributed by atoms with Crippen LogP contribution in [0, 0.1) is 5.82 Å². The van der Waals surface area contributed by atoms with Gasteiger partial charge < -0.3 is 9.64 Å². The fourth-order valence-electron chi connectivity index (χ4n) is 2.91. The highest BCUT2D eigenvalue weighted by Crippen LogP contribution is 2.37. The highest BCUT2D eigenvalue weighted by Gasteiger charge is 2.25. The van der Waals surface area contributed by atoms with Crippen LogP contribution in [0.3, 0.4) is 0 Å². The fourth-order valence-corrected chi connectivity index (χ4v) is 3.73. The van der Waals surface area contributed by atoms with E-state index in [2.05, 4.69) is 20.8 Å². The lowest BCUT2D eigenvalue weighted by Crippen LogP contribution is -2.21. The lowest BCUT2D eigenvalue weighted by atomic mass is 10.1. The zero-order valence-electron chi connectivity index (χ0n) is 12.4. The van der Waals surface area contributed by atoms with Crippen molar-refractivity contribution in [3.05, 3.63) is 56.3 Å². The van der Waals surface area contributed by atoms with E-state index in [9.17, 15) is 9.18 Å². The molecule has 0 N–H and O–H groups in total. The van der Waals surface area contributed by atoms with E-state index in [4.69, 9.17) is 16.3 Å². The van der Waals surface area contributed by atoms with Crippen LogP contribution < -0.4 is 9.64 Å². The monoisotopic (exact) mass is 397 g/mol. The molecule has 0 aromatic heterocycles. The van der Waals surface area contributed by atoms with Crippen LogP contribution in [0.4, 0.5) is 10.1 Å². The second kappa shape index (κ2) is 6.49. The number of halogens is 3. The van der Waals surface area contributed by atoms with E-state index in [-0.39, 0.29) is 16.3 Å². The lowest BCUT2D eigenvalue weighted by molar-refractivity contribution is 0.111. The highest BCUT2D eigenvalue weighted by atomic mass is 79.9. The van der Waals surface area contributed by atoms with E-state index in [0.717, 1.165) is 23.1 Å². The van der Waals surface area contributed by atoms with E-state index in [0.29, 0.717) is 18.4 Å². The SMILES string of the molecule is COc1c(C=O)cc(Cl)c(CN2CCc3c(Br)cccc32)c1F. The van der Waals surface area contributed by atoms with Crippen LogP contribution in [0.15, 0.2) is 28.7 Å². The minimum absolute atomic E-state index is 0.0620. The molecule has 0 unspecified atom stereocenters. The van der Waals surface area contributed by atoms with Crippen molar-refractivity contribution in [2.75, 3.05) is 18.6 Å². The number of carbonyl (C=O) groups excluding carboxylic acids is 1. The first-order valence-corrected chi connectivity index (χ1v) is 8.26. The number of hydrogen-bond acceptors (Lipinski definition) is 3. The Morgan fingerprint density at radius 1 is 1.48 bits per heavy atom. The summed E-state index contributed by atoms with van der Waals surface area (Å²) in [4.78, 5) is 13.1. The Morgan fingerprint density at radius 3 is 2.96 bits per heavy atom. The van der Waals surface area contributed by atoms with Gasteiger partial charge in [0, 0.05) is 33.8 Å². The molecule has 0 saturated carbocycles. The maximum atomic E-state index is 14.7. The Bertz CT molecular complexity index is 782. The van der Waals surface area contributed by atoms with E-state index >= 15 is 0 Å². The molecule has 3 rings (SSSR count). The van der Waals surface area contributed by atoms with Crippen molar-refractivity contribution < 1.29 is 13.9 Å². The molecule has 6 heteroatoms. The number of rotatable bonds is 4. The first kappa shape index (κ1) is 16.3. The number of ether oxygens (including phenoxy) is 1. The number of aldehydes is 1. The van der Waals surface area contributed by atoms with Crippen LogP contribution in [-0.4, -0.2) is 19.9 Å². The molecule has 0 radical (unpaired) electrons. The normalized spacial score (nSPS) is 13.1. The summed E-state index contributed by atoms with van der Waals surface area (Å²) in [7, 11) is 1.34. The summed E-state index contributed by atoms with van der Waals surface area (Å²) in [6.45, 7) is 1.11. The summed E-state index contributed by atoms with van der Waals surface area (Å²) in [6.07, 6.45) is 1.43. The number of nitrogens with zero attached hydrogens (tertiary/aromatic N) is 1. The van der Waals surface area contributed by atoms with E-state index in [1.807, 2.05) is 18.2 Å². The molecule has 0 amide bonds. The Hall–Kier alpha value is -1.59. The molecule has 2 aromatic carbocycles. The highest BCUT2D eigenvalue weighted by molar-refractivity contribution is 9.10. The number of benzene rings is 2. The van der Waals surface area contributed by atoms with Gasteiger partial charge in [0.25, 0.3) is 0 Å². The Morgan fingerprint density at radius 2 is 2.26 bits per heavy atom. The van der Waals surface area contributed by atoms with Gasteiger partial charge in [0.15, 0.2) is 17.9 Å². The number of carbonyl (C=O) groups is 1. The van der Waals surface area contributed by atoms with Crippen molar-refractivity contribution in [3.63, 3.8) is 0 Å². The third-order valence-electron chi connectivity index (χ3n) is 4.04. The van der Waals surface area contributed by atoms with Crippen LogP contribution in [0.1, 0.15) is 21.5 Å². The van der Waals surface area contributed by atoms with Crippen molar-refractivity contribution in [2.24, 2.45) is 0 Å². The largest absolute Gasteiger partial charge is 0.493 e. The molecule has 1 heterocycles. The average molecular weight is 399 g/mol. The predicted molar refractivity (Wildman–Crippen MR) is 92.2 cm³/mol. The van der Waals surface area contributed by atoms with Gasteiger partial charge >= 0.3 is 0 Å². The lowest BCUT2D eigenvalue weighted by Gasteiger charge is -2.21. The Labute approximate surface area is 147 Å². The molecule has 3 nitrogen and oxygen atoms in total. The van der Waals surface area contributed by atoms with Crippen molar-refractivity contribution in [1.82, 2.24) is 0 Å². The summed E-state index contributed by atoms with van der Waals surface area (Å²) < 4.78 is 20.8. The summed E-state index contributed by atoms with van der Waals surface area (Å²) in [5, 5.41) is 0.230. The van der Waals surface area contributed by atoms with Gasteiger partial charge in [-0.15, -0.1) is 0 Å². The zero-order valence-corrected chi connectivity index (χ0v) is 14.7. The summed E-state index contributed by atoms with van der Waals surface area (Å²) in [5.74, 6) is -0.640. The van der Waals surface area contributed by atoms with E-state index in [1.165, 1.54) is 18.7 Å². The quantitative estimate of drug-likeness (QED) is 0.704. The van der Waals surface area contributed by atoms with Crippen molar-refractivity contribution in [2.45, 2.75) is 13.0 Å². The molecule has 0 bridgehead atoms. The van der Waals surface area contributed by atoms with Crippen LogP contribution in [-0.2, 0) is 13.0 Å². The number of fused-ring (bicyclic) bond motifs is 1. The maximum absolute atomic E-state index is 14.7. The minimum atomic E-state index is -0.578. The van der Waals surface area contributed by atoms with Crippen molar-refractivity contribution in [1.29, 1.82) is 0 Å². The third kappa shape index (κ3) is 2.83. The molecule has 2 aromatic rings. The number of methoxy groups -OCH3 is 1. The molecule has 0 aliphatic carbocycles. The topological polar surface area (TPSA) is 29.5 Å². The van der Waals surface area contributed by atoms with Crippen LogP contribution in [0.5, 0.6) is 5.75 Å². The molecule has 0 atom stereocenters. The zero-order chi connectivity index (χ0) is 16.6. The van der Waals surface area contributed by atoms with Crippen molar-refractivity contribution >= 4 is 39.5 Å². The molecule has 0 saturated heterocycles. The Balaban J connectivity index is 2.00. The van der Waals surface area contributed by atoms with Gasteiger partial charge in [0.1, 0.15) is 0 Å². The second-order valence-corrected chi connectivity index (χ2v) is 6.56. The van der Waals surface area contributed by atoms with Gasteiger partial charge in [0.05, 0.1) is 12.7 Å². The molecule has 120 valence electrons. The summed E-state index contributed by atoms with van der Waals surface area (Å²) >= 11 is 9.73. The molecular weight excluding hydrogens is 385 g/mol. The van der Waals surface area contributed by atoms with Crippen LogP contribution >= 0.6 is 27.5 Å². The molecule has 0 spiro atoms. The van der Waals surface area contributed by atoms with Gasteiger partial charge in [-0.05, 0) is 30.2 Å². The number of anilines is 1. The molecule has 23 heavy (non-hydrogen) atoms. The van der Waals surface area contributed by atoms with Gasteiger partial charge in [-0.25, -0.2) is 4.39 Å². The summed E-state index contributed by atoms with van der Waals surface area (Å²) in [5.41, 5.74) is 2.72. The average Bonchev–Trinajstić information content (AvgIpc) is 2.95. The van der Waals surface area contributed by atoms with E-state index in [1.54, 1.807) is 0 Å². The molecule has 1 aliphatic heterocycles. The summed E-state index contributed by atoms with van der Waals surface area (Å²) in [6, 6.07) is 7.41. The predicted octanol–water partition coefficient (Wildman–Crippen LogP) is 4.63. The second-order valence-electron chi connectivity index (χ2n) is 5.30. The number of hydrogen-bond donors (Lipinski definition) is 0. The van der Waals surface area contributed by atoms with E-state index < -0.39 is 5.82 Å². The fraction of sp³-hybridized carbons (Fsp3) is 0.235. The Kier molecular flexibility index (Phi) is 4.60. The van der Waals surface area contributed by atoms with Gasteiger partial charge in [-0.1, -0.05) is 33.6 Å². The van der Waals surface area contributed by atoms with Gasteiger partial charge in [-0.3, -0.25) is 4.79 Å². The van der Waals surface area contributed by atoms with Gasteiger partial charge in [-0.2, -0.15) is 0 Å². The van der Waals surface area contributed by atoms with Crippen molar-refractivity contribution in [3.8, 4) is 5.75 Å². The molecule has 0 fully saturated rings. The molecular formula is C17H14BrClFNO2. The standard InChI is InChI=1S/C17H14BrClFNO2/c1-23-17-10(9-22)7-14(19)12(16(17)20)8-21-6-5-11-13(18)3-2-4-15(11)21/h2-4,7,9H,5-6,8H2,1H3. The van der Waals surface area contributed by atoms with Crippen LogP contribution in [0.25, 0.3) is 0 Å². The third-order valence-corrected chi connectivity index (χ3v) is 5.12. The first-order valence-electron chi connectivity index (χ1n) is 7.09. The van der Waals surface area contributed by atoms with Gasteiger partial charge in [0.2, 0.25) is 0 Å².